The minimum absolute atomic E-state index is 0.108. The summed E-state index contributed by atoms with van der Waals surface area (Å²) in [6.07, 6.45) is 3.41. The van der Waals surface area contributed by atoms with E-state index in [4.69, 9.17) is 16.7 Å². The van der Waals surface area contributed by atoms with Gasteiger partial charge in [-0.1, -0.05) is 11.6 Å². The fraction of sp³-hybridized carbons (Fsp3) is 0.267. The molecule has 1 saturated heterocycles. The first kappa shape index (κ1) is 15.5. The Morgan fingerprint density at radius 3 is 2.91 bits per heavy atom. The Morgan fingerprint density at radius 2 is 2.22 bits per heavy atom. The van der Waals surface area contributed by atoms with Gasteiger partial charge in [-0.15, -0.1) is 0 Å². The Bertz CT molecular complexity index is 732. The van der Waals surface area contributed by atoms with Crippen LogP contribution in [0.5, 0.6) is 0 Å². The molecule has 2 heterocycles. The number of piperazine rings is 1. The van der Waals surface area contributed by atoms with Crippen LogP contribution in [-0.2, 0) is 4.79 Å². The highest BCUT2D eigenvalue weighted by Crippen LogP contribution is 2.22. The van der Waals surface area contributed by atoms with Gasteiger partial charge in [-0.3, -0.25) is 9.59 Å². The molecule has 1 amide bonds. The first-order chi connectivity index (χ1) is 11.1. The van der Waals surface area contributed by atoms with Crippen molar-refractivity contribution >= 4 is 23.5 Å². The van der Waals surface area contributed by atoms with Crippen LogP contribution in [0.4, 0.5) is 0 Å². The Kier molecular flexibility index (Phi) is 4.31. The van der Waals surface area contributed by atoms with Crippen LogP contribution < -0.4 is 5.32 Å². The third-order valence-electron chi connectivity index (χ3n) is 3.71. The van der Waals surface area contributed by atoms with Crippen molar-refractivity contribution in [2.75, 3.05) is 19.6 Å². The molecule has 1 aliphatic heterocycles. The van der Waals surface area contributed by atoms with E-state index in [9.17, 15) is 9.59 Å². The quantitative estimate of drug-likeness (QED) is 0.875. The summed E-state index contributed by atoms with van der Waals surface area (Å²) in [4.78, 5) is 25.3. The van der Waals surface area contributed by atoms with Crippen molar-refractivity contribution in [2.45, 2.75) is 6.04 Å². The number of carbonyl (C=O) groups is 2. The lowest BCUT2D eigenvalue weighted by molar-refractivity contribution is -0.140. The Balaban J connectivity index is 1.87. The van der Waals surface area contributed by atoms with Gasteiger partial charge in [0.1, 0.15) is 6.04 Å². The predicted molar refractivity (Wildman–Crippen MR) is 83.9 cm³/mol. The van der Waals surface area contributed by atoms with Crippen LogP contribution in [0.2, 0.25) is 5.02 Å². The van der Waals surface area contributed by atoms with Crippen molar-refractivity contribution in [3.8, 4) is 5.69 Å². The number of hydrogen-bond donors (Lipinski definition) is 2. The molecule has 0 bridgehead atoms. The number of amides is 1. The molecule has 2 aromatic rings. The van der Waals surface area contributed by atoms with E-state index in [2.05, 4.69) is 10.4 Å². The fourth-order valence-corrected chi connectivity index (χ4v) is 2.71. The minimum Gasteiger partial charge on any atom is -0.480 e. The van der Waals surface area contributed by atoms with Gasteiger partial charge in [0, 0.05) is 32.0 Å². The van der Waals surface area contributed by atoms with Gasteiger partial charge in [-0.05, 0) is 24.3 Å². The summed E-state index contributed by atoms with van der Waals surface area (Å²) in [7, 11) is 0. The maximum absolute atomic E-state index is 12.7. The molecule has 1 atom stereocenters. The highest BCUT2D eigenvalue weighted by molar-refractivity contribution is 6.33. The van der Waals surface area contributed by atoms with Crippen LogP contribution in [0.3, 0.4) is 0 Å². The van der Waals surface area contributed by atoms with Crippen molar-refractivity contribution in [3.05, 3.63) is 47.2 Å². The summed E-state index contributed by atoms with van der Waals surface area (Å²) in [6, 6.07) is 6.09. The predicted octanol–water partition coefficient (Wildman–Crippen LogP) is 1.02. The van der Waals surface area contributed by atoms with Crippen LogP contribution in [0, 0.1) is 0 Å². The monoisotopic (exact) mass is 334 g/mol. The summed E-state index contributed by atoms with van der Waals surface area (Å²) >= 11 is 6.16. The van der Waals surface area contributed by atoms with Crippen LogP contribution in [0.15, 0.2) is 36.7 Å². The molecule has 1 unspecified atom stereocenters. The molecule has 3 rings (SSSR count). The van der Waals surface area contributed by atoms with Crippen LogP contribution in [-0.4, -0.2) is 57.3 Å². The van der Waals surface area contributed by atoms with E-state index in [0.717, 1.165) is 0 Å². The average Bonchev–Trinajstić information content (AvgIpc) is 3.09. The molecule has 1 aromatic carbocycles. The molecule has 1 aromatic heterocycles. The second-order valence-electron chi connectivity index (χ2n) is 5.21. The lowest BCUT2D eigenvalue weighted by Gasteiger charge is -2.31. The number of nitrogens with zero attached hydrogens (tertiary/aromatic N) is 3. The van der Waals surface area contributed by atoms with Gasteiger partial charge < -0.3 is 15.3 Å². The van der Waals surface area contributed by atoms with E-state index in [-0.39, 0.29) is 12.5 Å². The number of carboxylic acid groups (broad SMARTS) is 1. The number of rotatable bonds is 3. The Morgan fingerprint density at radius 1 is 1.39 bits per heavy atom. The molecule has 7 nitrogen and oxygen atoms in total. The number of benzene rings is 1. The molecule has 23 heavy (non-hydrogen) atoms. The van der Waals surface area contributed by atoms with E-state index >= 15 is 0 Å². The average molecular weight is 335 g/mol. The van der Waals surface area contributed by atoms with E-state index in [1.54, 1.807) is 41.3 Å². The molecule has 0 aliphatic carbocycles. The summed E-state index contributed by atoms with van der Waals surface area (Å²) < 4.78 is 1.63. The Labute approximate surface area is 137 Å². The van der Waals surface area contributed by atoms with Crippen LogP contribution >= 0.6 is 11.6 Å². The summed E-state index contributed by atoms with van der Waals surface area (Å²) in [6.45, 7) is 0.973. The van der Waals surface area contributed by atoms with E-state index in [1.807, 2.05) is 0 Å². The van der Waals surface area contributed by atoms with Gasteiger partial charge in [0.2, 0.25) is 0 Å². The first-order valence-corrected chi connectivity index (χ1v) is 7.49. The number of carbonyl (C=O) groups excluding carboxylic acids is 1. The van der Waals surface area contributed by atoms with Gasteiger partial charge in [0.25, 0.3) is 5.91 Å². The number of carboxylic acids is 1. The van der Waals surface area contributed by atoms with Crippen LogP contribution in [0.25, 0.3) is 5.69 Å². The van der Waals surface area contributed by atoms with Crippen molar-refractivity contribution in [3.63, 3.8) is 0 Å². The molecular formula is C15H15ClN4O3. The molecular weight excluding hydrogens is 320 g/mol. The highest BCUT2D eigenvalue weighted by atomic mass is 35.5. The topological polar surface area (TPSA) is 87.5 Å². The molecule has 0 saturated carbocycles. The minimum atomic E-state index is -0.973. The second-order valence-corrected chi connectivity index (χ2v) is 5.62. The van der Waals surface area contributed by atoms with E-state index in [1.165, 1.54) is 4.90 Å². The Hall–Kier alpha value is -2.38. The highest BCUT2D eigenvalue weighted by Gasteiger charge is 2.29. The smallest absolute Gasteiger partial charge is 0.322 e. The number of nitrogens with one attached hydrogen (secondary N) is 1. The molecule has 1 fully saturated rings. The summed E-state index contributed by atoms with van der Waals surface area (Å²) in [5.74, 6) is -1.25. The number of hydrogen-bond acceptors (Lipinski definition) is 4. The lowest BCUT2D eigenvalue weighted by Crippen LogP contribution is -2.55. The zero-order chi connectivity index (χ0) is 16.4. The fourth-order valence-electron chi connectivity index (χ4n) is 2.51. The third kappa shape index (κ3) is 3.20. The SMILES string of the molecule is O=C(O)C1CN(C(=O)c2cc(-n3cccn3)ccc2Cl)CCN1. The van der Waals surface area contributed by atoms with Crippen molar-refractivity contribution in [1.82, 2.24) is 20.0 Å². The second kappa shape index (κ2) is 6.39. The molecule has 2 N–H and O–H groups in total. The van der Waals surface area contributed by atoms with E-state index < -0.39 is 12.0 Å². The van der Waals surface area contributed by atoms with Gasteiger partial charge in [0.15, 0.2) is 0 Å². The number of halogens is 1. The van der Waals surface area contributed by atoms with Gasteiger partial charge >= 0.3 is 5.97 Å². The third-order valence-corrected chi connectivity index (χ3v) is 4.04. The summed E-state index contributed by atoms with van der Waals surface area (Å²) in [5.41, 5.74) is 1.05. The largest absolute Gasteiger partial charge is 0.480 e. The zero-order valence-electron chi connectivity index (χ0n) is 12.1. The van der Waals surface area contributed by atoms with Crippen molar-refractivity contribution in [1.29, 1.82) is 0 Å². The molecule has 0 radical (unpaired) electrons. The summed E-state index contributed by atoms with van der Waals surface area (Å²) in [5, 5.41) is 16.4. The van der Waals surface area contributed by atoms with Gasteiger partial charge in [0.05, 0.1) is 16.3 Å². The van der Waals surface area contributed by atoms with Crippen molar-refractivity contribution < 1.29 is 14.7 Å². The standard InChI is InChI=1S/C15H15ClN4O3/c16-12-3-2-10(20-6-1-4-18-20)8-11(12)14(21)19-7-5-17-13(9-19)15(22)23/h1-4,6,8,13,17H,5,7,9H2,(H,22,23). The van der Waals surface area contributed by atoms with Gasteiger partial charge in [-0.2, -0.15) is 5.10 Å². The number of aliphatic carboxylic acids is 1. The van der Waals surface area contributed by atoms with Crippen molar-refractivity contribution in [2.24, 2.45) is 0 Å². The zero-order valence-corrected chi connectivity index (χ0v) is 12.9. The molecule has 1 aliphatic rings. The first-order valence-electron chi connectivity index (χ1n) is 7.11. The van der Waals surface area contributed by atoms with Crippen LogP contribution in [0.1, 0.15) is 10.4 Å². The van der Waals surface area contributed by atoms with E-state index in [0.29, 0.717) is 29.4 Å². The lowest BCUT2D eigenvalue weighted by atomic mass is 10.1. The maximum atomic E-state index is 12.7. The van der Waals surface area contributed by atoms with Gasteiger partial charge in [-0.25, -0.2) is 4.68 Å². The molecule has 8 heteroatoms. The maximum Gasteiger partial charge on any atom is 0.322 e. The molecule has 120 valence electrons. The number of aromatic nitrogens is 2. The molecule has 0 spiro atoms. The normalized spacial score (nSPS) is 18.0.